The van der Waals surface area contributed by atoms with Gasteiger partial charge in [0, 0.05) is 42.1 Å². The number of alkyl halides is 3. The molecule has 1 amide bonds. The van der Waals surface area contributed by atoms with Gasteiger partial charge >= 0.3 is 6.18 Å². The molecule has 3 aromatic rings. The molecule has 1 saturated heterocycles. The Morgan fingerprint density at radius 3 is 2.56 bits per heavy atom. The van der Waals surface area contributed by atoms with E-state index < -0.39 is 11.7 Å². The van der Waals surface area contributed by atoms with Gasteiger partial charge in [0.25, 0.3) is 0 Å². The van der Waals surface area contributed by atoms with Crippen LogP contribution in [-0.2, 0) is 15.7 Å². The fraction of sp³-hybridized carbons (Fsp3) is 0.320. The third-order valence-electron chi connectivity index (χ3n) is 5.61. The van der Waals surface area contributed by atoms with Crippen LogP contribution in [0.25, 0.3) is 11.3 Å². The molecule has 0 unspecified atom stereocenters. The van der Waals surface area contributed by atoms with Gasteiger partial charge in [-0.15, -0.1) is 0 Å². The third-order valence-corrected chi connectivity index (χ3v) is 5.61. The van der Waals surface area contributed by atoms with Crippen LogP contribution in [0.4, 0.5) is 36.2 Å². The normalized spacial score (nSPS) is 14.1. The summed E-state index contributed by atoms with van der Waals surface area (Å²) in [4.78, 5) is 22.1. The molecular formula is C25H26F3N5O3. The van der Waals surface area contributed by atoms with E-state index in [0.717, 1.165) is 6.20 Å². The summed E-state index contributed by atoms with van der Waals surface area (Å²) in [6, 6.07) is 10.9. The highest BCUT2D eigenvalue weighted by atomic mass is 19.4. The zero-order chi connectivity index (χ0) is 25.9. The van der Waals surface area contributed by atoms with E-state index in [2.05, 4.69) is 20.6 Å². The number of nitrogens with zero attached hydrogens (tertiary/aromatic N) is 3. The second kappa shape index (κ2) is 10.4. The molecule has 1 aromatic heterocycles. The number of benzene rings is 2. The number of aromatic hydroxyl groups is 1. The van der Waals surface area contributed by atoms with E-state index in [4.69, 9.17) is 4.74 Å². The molecule has 0 radical (unpaired) electrons. The van der Waals surface area contributed by atoms with Crippen LogP contribution in [0.2, 0.25) is 0 Å². The first-order valence-corrected chi connectivity index (χ1v) is 11.4. The van der Waals surface area contributed by atoms with E-state index in [9.17, 15) is 23.1 Å². The Bertz CT molecular complexity index is 1240. The van der Waals surface area contributed by atoms with Crippen molar-refractivity contribution < 1.29 is 27.8 Å². The molecular weight excluding hydrogens is 475 g/mol. The summed E-state index contributed by atoms with van der Waals surface area (Å²) in [6.45, 7) is 5.69. The van der Waals surface area contributed by atoms with Crippen molar-refractivity contribution in [2.45, 2.75) is 20.0 Å². The number of nitrogens with one attached hydrogen (secondary N) is 2. The molecule has 36 heavy (non-hydrogen) atoms. The first-order valence-electron chi connectivity index (χ1n) is 11.4. The smallest absolute Gasteiger partial charge is 0.419 e. The van der Waals surface area contributed by atoms with Gasteiger partial charge in [-0.2, -0.15) is 13.2 Å². The number of ether oxygens (including phenoxy) is 1. The summed E-state index contributed by atoms with van der Waals surface area (Å²) >= 11 is 0. The van der Waals surface area contributed by atoms with Crippen molar-refractivity contribution in [3.63, 3.8) is 0 Å². The Kier molecular flexibility index (Phi) is 7.30. The average molecular weight is 502 g/mol. The molecule has 2 heterocycles. The van der Waals surface area contributed by atoms with Crippen LogP contribution in [-0.4, -0.2) is 47.3 Å². The van der Waals surface area contributed by atoms with Crippen LogP contribution in [0, 0.1) is 5.92 Å². The van der Waals surface area contributed by atoms with E-state index >= 15 is 0 Å². The molecule has 2 aromatic carbocycles. The Hall–Kier alpha value is -3.86. The van der Waals surface area contributed by atoms with E-state index in [1.165, 1.54) is 18.2 Å². The van der Waals surface area contributed by atoms with Crippen molar-refractivity contribution >= 4 is 28.9 Å². The summed E-state index contributed by atoms with van der Waals surface area (Å²) in [6.07, 6.45) is -3.96. The summed E-state index contributed by atoms with van der Waals surface area (Å²) in [7, 11) is 0. The van der Waals surface area contributed by atoms with Crippen molar-refractivity contribution in [2.24, 2.45) is 5.92 Å². The first-order chi connectivity index (χ1) is 17.1. The predicted molar refractivity (Wildman–Crippen MR) is 130 cm³/mol. The van der Waals surface area contributed by atoms with Gasteiger partial charge in [-0.1, -0.05) is 26.0 Å². The van der Waals surface area contributed by atoms with Gasteiger partial charge in [-0.3, -0.25) is 4.79 Å². The first kappa shape index (κ1) is 25.2. The lowest BCUT2D eigenvalue weighted by molar-refractivity contribution is -0.137. The third kappa shape index (κ3) is 5.85. The van der Waals surface area contributed by atoms with Crippen molar-refractivity contribution in [2.75, 3.05) is 41.8 Å². The fourth-order valence-corrected chi connectivity index (χ4v) is 3.69. The summed E-state index contributed by atoms with van der Waals surface area (Å²) in [5.41, 5.74) is 0.282. The second-order valence-corrected chi connectivity index (χ2v) is 8.61. The highest BCUT2D eigenvalue weighted by Crippen LogP contribution is 2.37. The highest BCUT2D eigenvalue weighted by Gasteiger charge is 2.35. The largest absolute Gasteiger partial charge is 0.506 e. The molecule has 0 bridgehead atoms. The number of amides is 1. The van der Waals surface area contributed by atoms with E-state index in [1.807, 2.05) is 4.90 Å². The molecule has 0 saturated carbocycles. The average Bonchev–Trinajstić information content (AvgIpc) is 2.85. The number of anilines is 4. The lowest BCUT2D eigenvalue weighted by Gasteiger charge is -2.29. The van der Waals surface area contributed by atoms with Crippen LogP contribution < -0.4 is 15.5 Å². The Morgan fingerprint density at radius 2 is 1.86 bits per heavy atom. The number of carbonyl (C=O) groups is 1. The fourth-order valence-electron chi connectivity index (χ4n) is 3.69. The maximum absolute atomic E-state index is 13.8. The number of halogens is 3. The molecule has 11 heteroatoms. The molecule has 1 aliphatic rings. The number of hydrogen-bond donors (Lipinski definition) is 3. The Labute approximate surface area is 206 Å². The minimum atomic E-state index is -4.69. The van der Waals surface area contributed by atoms with E-state index in [0.29, 0.717) is 43.4 Å². The second-order valence-electron chi connectivity index (χ2n) is 8.61. The van der Waals surface area contributed by atoms with Crippen LogP contribution in [0.3, 0.4) is 0 Å². The number of morpholine rings is 1. The predicted octanol–water partition coefficient (Wildman–Crippen LogP) is 5.04. The van der Waals surface area contributed by atoms with Gasteiger partial charge in [0.2, 0.25) is 11.9 Å². The monoisotopic (exact) mass is 501 g/mol. The van der Waals surface area contributed by atoms with Crippen molar-refractivity contribution in [1.29, 1.82) is 0 Å². The van der Waals surface area contributed by atoms with Crippen LogP contribution in [0.5, 0.6) is 5.75 Å². The Balaban J connectivity index is 1.67. The van der Waals surface area contributed by atoms with Gasteiger partial charge in [0.05, 0.1) is 24.6 Å². The molecule has 1 fully saturated rings. The summed E-state index contributed by atoms with van der Waals surface area (Å²) < 4.78 is 46.7. The molecule has 1 aliphatic heterocycles. The van der Waals surface area contributed by atoms with Gasteiger partial charge < -0.3 is 25.4 Å². The van der Waals surface area contributed by atoms with Crippen molar-refractivity contribution in [3.8, 4) is 17.0 Å². The number of carbonyl (C=O) groups excluding carboxylic acids is 1. The quantitative estimate of drug-likeness (QED) is 0.407. The van der Waals surface area contributed by atoms with Gasteiger partial charge in [0.1, 0.15) is 11.3 Å². The Morgan fingerprint density at radius 1 is 1.11 bits per heavy atom. The lowest BCUT2D eigenvalue weighted by atomic mass is 10.1. The summed E-state index contributed by atoms with van der Waals surface area (Å²) in [5.74, 6) is -0.511. The molecule has 0 atom stereocenters. The minimum absolute atomic E-state index is 0.0479. The van der Waals surface area contributed by atoms with E-state index in [1.54, 1.807) is 38.1 Å². The number of phenols is 1. The molecule has 4 rings (SSSR count). The van der Waals surface area contributed by atoms with Gasteiger partial charge in [-0.05, 0) is 30.3 Å². The minimum Gasteiger partial charge on any atom is -0.506 e. The molecule has 0 spiro atoms. The number of rotatable bonds is 6. The van der Waals surface area contributed by atoms with Crippen molar-refractivity contribution in [3.05, 3.63) is 54.2 Å². The summed E-state index contributed by atoms with van der Waals surface area (Å²) in [5, 5.41) is 15.9. The molecule has 0 aliphatic carbocycles. The van der Waals surface area contributed by atoms with Crippen LogP contribution >= 0.6 is 0 Å². The molecule has 190 valence electrons. The standard InChI is InChI=1S/C25H26F3N5O3/c1-15(2)23(35)30-17-5-3-4-16(12-17)22-19(25(26,27)28)14-29-24(32-22)31-18-6-7-21(34)20(13-18)33-8-10-36-11-9-33/h3-7,12-15,34H,8-11H2,1-2H3,(H,30,35)(H,29,31,32). The zero-order valence-corrected chi connectivity index (χ0v) is 19.8. The number of phenolic OH excluding ortho intramolecular Hbond substituents is 1. The molecule has 3 N–H and O–H groups in total. The number of aromatic nitrogens is 2. The van der Waals surface area contributed by atoms with E-state index in [-0.39, 0.29) is 34.8 Å². The highest BCUT2D eigenvalue weighted by molar-refractivity contribution is 5.92. The van der Waals surface area contributed by atoms with Gasteiger partial charge in [0.15, 0.2) is 0 Å². The van der Waals surface area contributed by atoms with Crippen molar-refractivity contribution in [1.82, 2.24) is 9.97 Å². The van der Waals surface area contributed by atoms with Crippen LogP contribution in [0.15, 0.2) is 48.7 Å². The maximum atomic E-state index is 13.8. The lowest BCUT2D eigenvalue weighted by Crippen LogP contribution is -2.36. The maximum Gasteiger partial charge on any atom is 0.419 e. The molecule has 8 nitrogen and oxygen atoms in total. The van der Waals surface area contributed by atoms with Crippen LogP contribution in [0.1, 0.15) is 19.4 Å². The SMILES string of the molecule is CC(C)C(=O)Nc1cccc(-c2nc(Nc3ccc(O)c(N4CCOCC4)c3)ncc2C(F)(F)F)c1. The zero-order valence-electron chi connectivity index (χ0n) is 19.8. The topological polar surface area (TPSA) is 99.6 Å². The van der Waals surface area contributed by atoms with Gasteiger partial charge in [-0.25, -0.2) is 9.97 Å². The number of hydrogen-bond acceptors (Lipinski definition) is 7.